The van der Waals surface area contributed by atoms with Crippen LogP contribution in [0.1, 0.15) is 11.4 Å². The molecule has 0 aliphatic heterocycles. The van der Waals surface area contributed by atoms with Crippen LogP contribution in [-0.4, -0.2) is 97.7 Å². The average Bonchev–Trinajstić information content (AvgIpc) is 3.66. The van der Waals surface area contributed by atoms with Crippen molar-refractivity contribution in [2.75, 3.05) is 25.7 Å². The average molecular weight is 1140 g/mol. The minimum absolute atomic E-state index is 0.186. The quantitative estimate of drug-likeness (QED) is 0.0511. The highest BCUT2D eigenvalue weighted by atomic mass is 127. The van der Waals surface area contributed by atoms with Crippen molar-refractivity contribution in [1.29, 1.82) is 0 Å². The van der Waals surface area contributed by atoms with E-state index < -0.39 is 35.8 Å². The van der Waals surface area contributed by atoms with E-state index in [-0.39, 0.29) is 9.79 Å². The topological polar surface area (TPSA) is 174 Å². The standard InChI is InChI=1S/2C21H27IN4O3SSi/c1-15-20(22)25-21(26(15)14-29-8-9-31(3,4)5)19-11-16(6-7-24-19)17-10-18(13-23-12-17)30(2,27)28;1-15-20(22)26(14-29-8-9-31(3,4)5)21(25-15)19-11-16(6-7-24-19)17-10-18(13-23-12-17)30(2,27)28/h2*6-7,10-13H,8-9,14H2,1-5H3. The van der Waals surface area contributed by atoms with Crippen molar-refractivity contribution in [2.24, 2.45) is 0 Å². The maximum atomic E-state index is 11.9. The zero-order chi connectivity index (χ0) is 45.6. The highest BCUT2D eigenvalue weighted by Gasteiger charge is 2.20. The molecule has 0 amide bonds. The molecule has 14 nitrogen and oxygen atoms in total. The Morgan fingerprint density at radius 3 is 1.48 bits per heavy atom. The van der Waals surface area contributed by atoms with Gasteiger partial charge in [-0.25, -0.2) is 26.8 Å². The van der Waals surface area contributed by atoms with E-state index in [1.807, 2.05) is 47.2 Å². The molecule has 0 aliphatic rings. The smallest absolute Gasteiger partial charge is 0.177 e. The molecule has 0 atom stereocenters. The van der Waals surface area contributed by atoms with Gasteiger partial charge in [0.1, 0.15) is 32.3 Å². The summed E-state index contributed by atoms with van der Waals surface area (Å²) in [4.78, 5) is 27.0. The Kier molecular flexibility index (Phi) is 16.6. The number of imidazole rings is 2. The lowest BCUT2D eigenvalue weighted by atomic mass is 10.1. The van der Waals surface area contributed by atoms with Crippen LogP contribution in [0.5, 0.6) is 0 Å². The van der Waals surface area contributed by atoms with Gasteiger partial charge in [0.2, 0.25) is 0 Å². The van der Waals surface area contributed by atoms with Gasteiger partial charge in [-0.15, -0.1) is 0 Å². The monoisotopic (exact) mass is 1140 g/mol. The normalized spacial score (nSPS) is 12.3. The molecule has 0 N–H and O–H groups in total. The number of ether oxygens (including phenoxy) is 2. The van der Waals surface area contributed by atoms with Gasteiger partial charge in [-0.2, -0.15) is 0 Å². The molecule has 6 aromatic heterocycles. The van der Waals surface area contributed by atoms with Crippen molar-refractivity contribution in [3.8, 4) is 45.3 Å². The van der Waals surface area contributed by atoms with E-state index in [0.29, 0.717) is 36.0 Å². The van der Waals surface area contributed by atoms with Gasteiger partial charge in [-0.3, -0.25) is 24.5 Å². The zero-order valence-corrected chi connectivity index (χ0v) is 44.7. The number of aromatic nitrogens is 8. The highest BCUT2D eigenvalue weighted by Crippen LogP contribution is 2.29. The molecule has 0 spiro atoms. The van der Waals surface area contributed by atoms with Crippen molar-refractivity contribution >= 4 is 81.0 Å². The van der Waals surface area contributed by atoms with Gasteiger partial charge in [0.25, 0.3) is 0 Å². The number of halogens is 2. The molecule has 0 fully saturated rings. The van der Waals surface area contributed by atoms with Crippen molar-refractivity contribution in [2.45, 2.75) is 88.5 Å². The summed E-state index contributed by atoms with van der Waals surface area (Å²) in [5, 5.41) is 0. The molecule has 0 unspecified atom stereocenters. The van der Waals surface area contributed by atoms with E-state index in [1.54, 1.807) is 36.9 Å². The van der Waals surface area contributed by atoms with Gasteiger partial charge in [0, 0.05) is 90.2 Å². The Bertz CT molecular complexity index is 2570. The van der Waals surface area contributed by atoms with Crippen molar-refractivity contribution in [1.82, 2.24) is 39.0 Å². The van der Waals surface area contributed by atoms with E-state index in [9.17, 15) is 16.8 Å². The molecule has 332 valence electrons. The predicted molar refractivity (Wildman–Crippen MR) is 267 cm³/mol. The third-order valence-electron chi connectivity index (χ3n) is 9.59. The van der Waals surface area contributed by atoms with E-state index in [2.05, 4.69) is 104 Å². The summed E-state index contributed by atoms with van der Waals surface area (Å²) >= 11 is 4.50. The summed E-state index contributed by atoms with van der Waals surface area (Å²) in [6.07, 6.45) is 11.8. The number of nitrogens with zero attached hydrogens (tertiary/aromatic N) is 8. The third kappa shape index (κ3) is 13.9. The number of aryl methyl sites for hydroxylation is 1. The summed E-state index contributed by atoms with van der Waals surface area (Å²) in [5.41, 5.74) is 6.40. The SMILES string of the molecule is Cc1c(I)nc(-c2cc(-c3cncc(S(C)(=O)=O)c3)ccn2)n1COCC[Si](C)(C)C.Cc1nc(-c2cc(-c3cncc(S(C)(=O)=O)c3)ccn2)n(COCC[Si](C)(C)C)c1I. The van der Waals surface area contributed by atoms with Crippen LogP contribution in [0.2, 0.25) is 51.4 Å². The first kappa shape index (κ1) is 49.7. The molecule has 0 saturated heterocycles. The maximum absolute atomic E-state index is 11.9. The van der Waals surface area contributed by atoms with Gasteiger partial charge in [0.15, 0.2) is 31.3 Å². The third-order valence-corrected chi connectivity index (χ3v) is 17.5. The summed E-state index contributed by atoms with van der Waals surface area (Å²) < 4.78 is 65.5. The summed E-state index contributed by atoms with van der Waals surface area (Å²) in [6, 6.07) is 12.9. The number of pyridine rings is 4. The van der Waals surface area contributed by atoms with Crippen LogP contribution in [-0.2, 0) is 42.6 Å². The van der Waals surface area contributed by atoms with Crippen molar-refractivity contribution in [3.05, 3.63) is 92.4 Å². The Morgan fingerprint density at radius 1 is 0.613 bits per heavy atom. The number of hydrogen-bond donors (Lipinski definition) is 0. The molecule has 0 aromatic carbocycles. The molecule has 0 bridgehead atoms. The molecule has 6 rings (SSSR count). The predicted octanol–water partition coefficient (Wildman–Crippen LogP) is 9.27. The molecular weight excluding hydrogens is 1090 g/mol. The van der Waals surface area contributed by atoms with Crippen LogP contribution in [0.4, 0.5) is 0 Å². The lowest BCUT2D eigenvalue weighted by molar-refractivity contribution is 0.0866. The van der Waals surface area contributed by atoms with E-state index >= 15 is 0 Å². The largest absolute Gasteiger partial charge is 0.361 e. The van der Waals surface area contributed by atoms with Gasteiger partial charge in [0.05, 0.1) is 21.2 Å². The minimum Gasteiger partial charge on any atom is -0.361 e. The Balaban J connectivity index is 0.000000234. The fourth-order valence-corrected chi connectivity index (χ4v) is 9.53. The van der Waals surface area contributed by atoms with Crippen LogP contribution in [0.25, 0.3) is 45.3 Å². The Morgan fingerprint density at radius 2 is 1.05 bits per heavy atom. The summed E-state index contributed by atoms with van der Waals surface area (Å²) in [5.74, 6) is 1.45. The first-order valence-corrected chi connectivity index (χ1v) is 33.1. The zero-order valence-electron chi connectivity index (χ0n) is 36.8. The van der Waals surface area contributed by atoms with Crippen LogP contribution in [0.15, 0.2) is 83.4 Å². The summed E-state index contributed by atoms with van der Waals surface area (Å²) in [7, 11) is -8.99. The second-order valence-electron chi connectivity index (χ2n) is 17.4. The molecular formula is C42H54I2N8O6S2Si2. The number of sulfone groups is 2. The van der Waals surface area contributed by atoms with Crippen LogP contribution < -0.4 is 0 Å². The molecule has 0 aliphatic carbocycles. The first-order chi connectivity index (χ1) is 28.9. The van der Waals surface area contributed by atoms with E-state index in [0.717, 1.165) is 66.9 Å². The fourth-order valence-electron chi connectivity index (χ4n) is 5.82. The second-order valence-corrected chi connectivity index (χ2v) is 34.7. The van der Waals surface area contributed by atoms with E-state index in [4.69, 9.17) is 19.4 Å². The van der Waals surface area contributed by atoms with E-state index in [1.165, 1.54) is 24.9 Å². The Hall–Kier alpha value is -3.27. The number of rotatable bonds is 16. The molecule has 20 heteroatoms. The van der Waals surface area contributed by atoms with Gasteiger partial charge in [-0.05, 0) is 119 Å². The molecule has 0 saturated carbocycles. The van der Waals surface area contributed by atoms with Gasteiger partial charge >= 0.3 is 0 Å². The molecule has 6 heterocycles. The number of hydrogen-bond acceptors (Lipinski definition) is 12. The first-order valence-electron chi connectivity index (χ1n) is 19.8. The highest BCUT2D eigenvalue weighted by molar-refractivity contribution is 14.1. The van der Waals surface area contributed by atoms with Crippen molar-refractivity contribution in [3.63, 3.8) is 0 Å². The molecule has 62 heavy (non-hydrogen) atoms. The molecule has 6 aromatic rings. The Labute approximate surface area is 394 Å². The van der Waals surface area contributed by atoms with Gasteiger partial charge < -0.3 is 14.0 Å². The van der Waals surface area contributed by atoms with Crippen molar-refractivity contribution < 1.29 is 26.3 Å². The second kappa shape index (κ2) is 20.7. The lowest BCUT2D eigenvalue weighted by Crippen LogP contribution is -2.22. The molecule has 0 radical (unpaired) electrons. The van der Waals surface area contributed by atoms with Crippen LogP contribution >= 0.6 is 45.2 Å². The lowest BCUT2D eigenvalue weighted by Gasteiger charge is -2.16. The van der Waals surface area contributed by atoms with Crippen LogP contribution in [0.3, 0.4) is 0 Å². The van der Waals surface area contributed by atoms with Crippen LogP contribution in [0, 0.1) is 21.2 Å². The summed E-state index contributed by atoms with van der Waals surface area (Å²) in [6.45, 7) is 20.2. The maximum Gasteiger partial charge on any atom is 0.177 e. The minimum atomic E-state index is -3.34. The fraction of sp³-hybridized carbons (Fsp3) is 0.381. The van der Waals surface area contributed by atoms with Gasteiger partial charge in [-0.1, -0.05) is 39.3 Å².